The van der Waals surface area contributed by atoms with Crippen LogP contribution >= 0.6 is 23.2 Å². The molecule has 3 rings (SSSR count). The average molecular weight is 339 g/mol. The number of phenols is 1. The van der Waals surface area contributed by atoms with Crippen LogP contribution in [-0.4, -0.2) is 34.9 Å². The van der Waals surface area contributed by atoms with Crippen LogP contribution in [0.15, 0.2) is 24.3 Å². The van der Waals surface area contributed by atoms with Crippen molar-refractivity contribution in [3.05, 3.63) is 34.3 Å². The molecule has 3 N–H and O–H groups in total. The van der Waals surface area contributed by atoms with Gasteiger partial charge < -0.3 is 15.7 Å². The van der Waals surface area contributed by atoms with Gasteiger partial charge in [0.25, 0.3) is 0 Å². The molecule has 1 fully saturated rings. The number of nitrogens with two attached hydrogens (primary N) is 1. The Morgan fingerprint density at radius 2 is 2.09 bits per heavy atom. The molecule has 0 unspecified atom stereocenters. The highest BCUT2D eigenvalue weighted by Crippen LogP contribution is 2.37. The topological polar surface area (TPSA) is 75.3 Å². The highest BCUT2D eigenvalue weighted by atomic mass is 35.5. The zero-order valence-electron chi connectivity index (χ0n) is 11.8. The third-order valence-corrected chi connectivity index (χ3v) is 4.40. The number of aromatic nitrogens is 2. The molecule has 0 bridgehead atoms. The summed E-state index contributed by atoms with van der Waals surface area (Å²) in [7, 11) is 0. The second kappa shape index (κ2) is 6.28. The van der Waals surface area contributed by atoms with E-state index in [0.717, 1.165) is 25.3 Å². The van der Waals surface area contributed by atoms with Crippen LogP contribution in [0.3, 0.4) is 0 Å². The maximum absolute atomic E-state index is 10.0. The minimum Gasteiger partial charge on any atom is -0.507 e. The Bertz CT molecular complexity index is 655. The summed E-state index contributed by atoms with van der Waals surface area (Å²) < 4.78 is 0. The fourth-order valence-electron chi connectivity index (χ4n) is 2.67. The average Bonchev–Trinajstić information content (AvgIpc) is 2.96. The normalized spacial score (nSPS) is 18.0. The smallest absolute Gasteiger partial charge is 0.151 e. The number of rotatable bonds is 3. The van der Waals surface area contributed by atoms with Crippen molar-refractivity contribution < 1.29 is 5.11 Å². The molecule has 0 aliphatic carbocycles. The minimum atomic E-state index is -0.0103. The summed E-state index contributed by atoms with van der Waals surface area (Å²) in [5.74, 6) is 1.31. The molecule has 0 amide bonds. The lowest BCUT2D eigenvalue weighted by atomic mass is 10.1. The maximum atomic E-state index is 10.0. The van der Waals surface area contributed by atoms with E-state index in [-0.39, 0.29) is 5.75 Å². The van der Waals surface area contributed by atoms with Crippen LogP contribution in [0.1, 0.15) is 6.42 Å². The number of nitrogens with zero attached hydrogens (tertiary/aromatic N) is 3. The lowest BCUT2D eigenvalue weighted by molar-refractivity contribution is 0.477. The van der Waals surface area contributed by atoms with Crippen LogP contribution in [0.4, 0.5) is 5.82 Å². The van der Waals surface area contributed by atoms with Gasteiger partial charge in [-0.15, -0.1) is 10.2 Å². The molecule has 116 valence electrons. The van der Waals surface area contributed by atoms with Crippen LogP contribution < -0.4 is 10.6 Å². The summed E-state index contributed by atoms with van der Waals surface area (Å²) in [6.45, 7) is 2.52. The van der Waals surface area contributed by atoms with E-state index in [1.165, 1.54) is 6.07 Å². The highest BCUT2D eigenvalue weighted by molar-refractivity contribution is 6.36. The van der Waals surface area contributed by atoms with Crippen molar-refractivity contribution in [3.8, 4) is 17.0 Å². The lowest BCUT2D eigenvalue weighted by Gasteiger charge is -2.16. The van der Waals surface area contributed by atoms with Gasteiger partial charge in [0, 0.05) is 18.1 Å². The van der Waals surface area contributed by atoms with E-state index < -0.39 is 0 Å². The van der Waals surface area contributed by atoms with Gasteiger partial charge in [-0.25, -0.2) is 0 Å². The molecular weight excluding hydrogens is 323 g/mol. The van der Waals surface area contributed by atoms with Crippen LogP contribution in [-0.2, 0) is 0 Å². The predicted octanol–water partition coefficient (Wildman–Crippen LogP) is 2.94. The molecule has 1 atom stereocenters. The Morgan fingerprint density at radius 3 is 2.68 bits per heavy atom. The largest absolute Gasteiger partial charge is 0.507 e. The van der Waals surface area contributed by atoms with E-state index in [2.05, 4.69) is 15.1 Å². The lowest BCUT2D eigenvalue weighted by Crippen LogP contribution is -2.23. The SMILES string of the molecule is NC[C@H]1CCN(c2ccc(-c3c(O)cc(Cl)cc3Cl)nn2)C1. The molecule has 7 heteroatoms. The molecule has 0 saturated carbocycles. The second-order valence-corrected chi connectivity index (χ2v) is 6.24. The van der Waals surface area contributed by atoms with E-state index in [1.54, 1.807) is 12.1 Å². The van der Waals surface area contributed by atoms with Gasteiger partial charge in [0.05, 0.1) is 16.3 Å². The van der Waals surface area contributed by atoms with Crippen LogP contribution in [0.25, 0.3) is 11.3 Å². The van der Waals surface area contributed by atoms with Crippen LogP contribution in [0, 0.1) is 5.92 Å². The molecular formula is C15H16Cl2N4O. The summed E-state index contributed by atoms with van der Waals surface area (Å²) in [4.78, 5) is 2.16. The molecule has 22 heavy (non-hydrogen) atoms. The van der Waals surface area contributed by atoms with E-state index in [1.807, 2.05) is 6.07 Å². The molecule has 1 aliphatic heterocycles. The molecule has 1 aliphatic rings. The van der Waals surface area contributed by atoms with E-state index in [4.69, 9.17) is 28.9 Å². The van der Waals surface area contributed by atoms with Gasteiger partial charge in [0.1, 0.15) is 5.75 Å². The summed E-state index contributed by atoms with van der Waals surface area (Å²) >= 11 is 12.0. The first-order valence-corrected chi connectivity index (χ1v) is 7.81. The second-order valence-electron chi connectivity index (χ2n) is 5.39. The maximum Gasteiger partial charge on any atom is 0.151 e. The molecule has 1 saturated heterocycles. The van der Waals surface area contributed by atoms with Gasteiger partial charge in [-0.05, 0) is 43.1 Å². The zero-order chi connectivity index (χ0) is 15.7. The number of benzene rings is 1. The number of anilines is 1. The van der Waals surface area contributed by atoms with Gasteiger partial charge in [-0.2, -0.15) is 0 Å². The number of phenolic OH excluding ortho intramolecular Hbond substituents is 1. The Labute approximate surface area is 138 Å². The third-order valence-electron chi connectivity index (χ3n) is 3.88. The summed E-state index contributed by atoms with van der Waals surface area (Å²) in [5, 5.41) is 19.2. The fourth-order valence-corrected chi connectivity index (χ4v) is 3.25. The standard InChI is InChI=1S/C15H16Cl2N4O/c16-10-5-11(17)15(13(22)6-10)12-1-2-14(20-19-12)21-4-3-9(7-18)8-21/h1-2,5-6,9,22H,3-4,7-8,18H2/t9-/m1/s1. The van der Waals surface area contributed by atoms with Crippen molar-refractivity contribution in [2.24, 2.45) is 11.7 Å². The van der Waals surface area contributed by atoms with E-state index in [9.17, 15) is 5.11 Å². The van der Waals surface area contributed by atoms with Crippen LogP contribution in [0.5, 0.6) is 5.75 Å². The fraction of sp³-hybridized carbons (Fsp3) is 0.333. The molecule has 1 aromatic carbocycles. The van der Waals surface area contributed by atoms with E-state index >= 15 is 0 Å². The van der Waals surface area contributed by atoms with Gasteiger partial charge in [-0.3, -0.25) is 0 Å². The summed E-state index contributed by atoms with van der Waals surface area (Å²) in [6, 6.07) is 6.68. The number of halogens is 2. The molecule has 1 aromatic heterocycles. The molecule has 2 heterocycles. The molecule has 0 radical (unpaired) electrons. The highest BCUT2D eigenvalue weighted by Gasteiger charge is 2.22. The first-order chi connectivity index (χ1) is 10.6. The number of hydrogen-bond acceptors (Lipinski definition) is 5. The Hall–Kier alpha value is -1.56. The monoisotopic (exact) mass is 338 g/mol. The van der Waals surface area contributed by atoms with E-state index in [0.29, 0.717) is 33.8 Å². The van der Waals surface area contributed by atoms with Gasteiger partial charge in [0.15, 0.2) is 5.82 Å². The third kappa shape index (κ3) is 2.97. The van der Waals surface area contributed by atoms with Crippen molar-refractivity contribution in [1.82, 2.24) is 10.2 Å². The molecule has 0 spiro atoms. The van der Waals surface area contributed by atoms with Crippen molar-refractivity contribution in [2.45, 2.75) is 6.42 Å². The first kappa shape index (κ1) is 15.3. The molecule has 2 aromatic rings. The number of aromatic hydroxyl groups is 1. The summed E-state index contributed by atoms with van der Waals surface area (Å²) in [6.07, 6.45) is 1.07. The van der Waals surface area contributed by atoms with Gasteiger partial charge >= 0.3 is 0 Å². The van der Waals surface area contributed by atoms with Crippen molar-refractivity contribution in [3.63, 3.8) is 0 Å². The van der Waals surface area contributed by atoms with Gasteiger partial charge in [-0.1, -0.05) is 23.2 Å². The number of hydrogen-bond donors (Lipinski definition) is 2. The van der Waals surface area contributed by atoms with Crippen molar-refractivity contribution in [1.29, 1.82) is 0 Å². The summed E-state index contributed by atoms with van der Waals surface area (Å²) in [5.41, 5.74) is 6.65. The minimum absolute atomic E-state index is 0.0103. The Kier molecular flexibility index (Phi) is 4.38. The first-order valence-electron chi connectivity index (χ1n) is 7.05. The van der Waals surface area contributed by atoms with Crippen molar-refractivity contribution >= 4 is 29.0 Å². The van der Waals surface area contributed by atoms with Gasteiger partial charge in [0.2, 0.25) is 0 Å². The Balaban J connectivity index is 1.86. The van der Waals surface area contributed by atoms with Crippen LogP contribution in [0.2, 0.25) is 10.0 Å². The molecule has 5 nitrogen and oxygen atoms in total. The Morgan fingerprint density at radius 1 is 1.27 bits per heavy atom. The quantitative estimate of drug-likeness (QED) is 0.899. The van der Waals surface area contributed by atoms with Crippen molar-refractivity contribution in [2.75, 3.05) is 24.5 Å². The predicted molar refractivity (Wildman–Crippen MR) is 88.5 cm³/mol. The zero-order valence-corrected chi connectivity index (χ0v) is 13.3.